The molecule has 1 aromatic heterocycles. The van der Waals surface area contributed by atoms with Gasteiger partial charge in [-0.05, 0) is 44.0 Å². The van der Waals surface area contributed by atoms with Crippen LogP contribution in [0.5, 0.6) is 0 Å². The number of anilines is 1. The van der Waals surface area contributed by atoms with Crippen molar-refractivity contribution in [3.8, 4) is 0 Å². The first-order valence-corrected chi connectivity index (χ1v) is 8.59. The molecular weight excluding hydrogens is 310 g/mol. The third kappa shape index (κ3) is 4.14. The molecule has 0 aliphatic heterocycles. The summed E-state index contributed by atoms with van der Waals surface area (Å²) in [5.74, 6) is 6.51. The van der Waals surface area contributed by atoms with Crippen LogP contribution >= 0.6 is 11.6 Å². The molecule has 2 rings (SSSR count). The van der Waals surface area contributed by atoms with Crippen LogP contribution in [-0.2, 0) is 0 Å². The summed E-state index contributed by atoms with van der Waals surface area (Å²) in [5.41, 5.74) is 1.45. The lowest BCUT2D eigenvalue weighted by atomic mass is 9.89. The van der Waals surface area contributed by atoms with Crippen LogP contribution in [0.15, 0.2) is 30.5 Å². The Kier molecular flexibility index (Phi) is 6.22. The molecule has 0 radical (unpaired) electrons. The zero-order chi connectivity index (χ0) is 16.9. The summed E-state index contributed by atoms with van der Waals surface area (Å²) >= 11 is 6.06. The Hall–Kier alpha value is -1.36. The molecule has 5 heteroatoms. The minimum absolute atomic E-state index is 0.116. The first-order valence-electron chi connectivity index (χ1n) is 8.22. The van der Waals surface area contributed by atoms with E-state index in [2.05, 4.69) is 18.8 Å². The predicted octanol–water partition coefficient (Wildman–Crippen LogP) is 4.29. The molecule has 1 aromatic carbocycles. The summed E-state index contributed by atoms with van der Waals surface area (Å²) in [6.45, 7) is 4.41. The van der Waals surface area contributed by atoms with Gasteiger partial charge in [0.1, 0.15) is 0 Å². The van der Waals surface area contributed by atoms with Gasteiger partial charge in [0, 0.05) is 23.2 Å². The fraction of sp³-hybridized carbons (Fsp3) is 0.500. The number of rotatable bonds is 8. The van der Waals surface area contributed by atoms with Crippen LogP contribution in [0.4, 0.5) is 5.69 Å². The smallest absolute Gasteiger partial charge is 0.0738 e. The minimum atomic E-state index is -0.294. The van der Waals surface area contributed by atoms with Gasteiger partial charge in [0.25, 0.3) is 0 Å². The zero-order valence-electron chi connectivity index (χ0n) is 13.9. The Morgan fingerprint density at radius 1 is 1.26 bits per heavy atom. The Balaban J connectivity index is 2.37. The van der Waals surface area contributed by atoms with Crippen LogP contribution < -0.4 is 10.9 Å². The number of aliphatic hydroxyl groups excluding tert-OH is 1. The van der Waals surface area contributed by atoms with Gasteiger partial charge in [-0.3, -0.25) is 4.98 Å². The highest BCUT2D eigenvalue weighted by molar-refractivity contribution is 6.31. The van der Waals surface area contributed by atoms with E-state index < -0.39 is 0 Å². The number of hydrogen-bond acceptors (Lipinski definition) is 4. The summed E-state index contributed by atoms with van der Waals surface area (Å²) < 4.78 is 0. The summed E-state index contributed by atoms with van der Waals surface area (Å²) in [7, 11) is 0. The number of nitrogens with zero attached hydrogens (tertiary/aromatic N) is 2. The topological polar surface area (TPSA) is 62.4 Å². The van der Waals surface area contributed by atoms with Crippen LogP contribution in [0.25, 0.3) is 10.9 Å². The number of benzene rings is 1. The van der Waals surface area contributed by atoms with Crippen molar-refractivity contribution in [3.63, 3.8) is 0 Å². The van der Waals surface area contributed by atoms with Crippen molar-refractivity contribution in [2.45, 2.75) is 51.5 Å². The maximum Gasteiger partial charge on any atom is 0.0738 e. The third-order valence-corrected chi connectivity index (χ3v) is 4.73. The van der Waals surface area contributed by atoms with Crippen LogP contribution in [0.1, 0.15) is 46.0 Å². The summed E-state index contributed by atoms with van der Waals surface area (Å²) in [6.07, 6.45) is 6.74. The van der Waals surface area contributed by atoms with Crippen LogP contribution in [0.2, 0.25) is 5.02 Å². The van der Waals surface area contributed by atoms with E-state index in [4.69, 9.17) is 17.4 Å². The van der Waals surface area contributed by atoms with Gasteiger partial charge in [-0.15, -0.1) is 0 Å². The van der Waals surface area contributed by atoms with Gasteiger partial charge < -0.3 is 10.1 Å². The molecule has 4 nitrogen and oxygen atoms in total. The third-order valence-electron chi connectivity index (χ3n) is 4.49. The number of unbranched alkanes of at least 4 members (excludes halogenated alkanes) is 2. The van der Waals surface area contributed by atoms with E-state index in [1.165, 1.54) is 6.42 Å². The fourth-order valence-electron chi connectivity index (χ4n) is 2.97. The molecule has 2 aromatic rings. The van der Waals surface area contributed by atoms with Crippen molar-refractivity contribution >= 4 is 28.2 Å². The van der Waals surface area contributed by atoms with Gasteiger partial charge in [0.15, 0.2) is 0 Å². The van der Waals surface area contributed by atoms with E-state index in [1.807, 2.05) is 24.3 Å². The minimum Gasteiger partial charge on any atom is -0.396 e. The van der Waals surface area contributed by atoms with E-state index in [1.54, 1.807) is 11.2 Å². The summed E-state index contributed by atoms with van der Waals surface area (Å²) in [4.78, 5) is 4.37. The molecule has 0 saturated heterocycles. The molecule has 0 aliphatic carbocycles. The molecule has 23 heavy (non-hydrogen) atoms. The molecule has 1 atom stereocenters. The highest BCUT2D eigenvalue weighted by atomic mass is 35.5. The second-order valence-electron chi connectivity index (χ2n) is 6.29. The average Bonchev–Trinajstić information content (AvgIpc) is 2.53. The first-order chi connectivity index (χ1) is 11.0. The van der Waals surface area contributed by atoms with E-state index in [0.29, 0.717) is 11.4 Å². The van der Waals surface area contributed by atoms with Crippen molar-refractivity contribution in [3.05, 3.63) is 35.5 Å². The van der Waals surface area contributed by atoms with E-state index in [-0.39, 0.29) is 12.1 Å². The lowest BCUT2D eigenvalue weighted by Crippen LogP contribution is -2.52. The molecule has 0 aliphatic rings. The van der Waals surface area contributed by atoms with Gasteiger partial charge >= 0.3 is 0 Å². The number of hydrogen-bond donors (Lipinski definition) is 2. The monoisotopic (exact) mass is 335 g/mol. The molecule has 0 bridgehead atoms. The number of aromatic nitrogens is 1. The Morgan fingerprint density at radius 3 is 2.74 bits per heavy atom. The van der Waals surface area contributed by atoms with Crippen molar-refractivity contribution in [2.75, 3.05) is 11.6 Å². The van der Waals surface area contributed by atoms with Gasteiger partial charge in [-0.2, -0.15) is 0 Å². The number of hydrazine groups is 1. The highest BCUT2D eigenvalue weighted by Crippen LogP contribution is 2.33. The number of fused-ring (bicyclic) bond motifs is 1. The molecule has 126 valence electrons. The summed E-state index contributed by atoms with van der Waals surface area (Å²) in [5, 5.41) is 12.9. The second kappa shape index (κ2) is 7.95. The normalized spacial score (nSPS) is 14.0. The van der Waals surface area contributed by atoms with Crippen LogP contribution in [0, 0.1) is 0 Å². The molecule has 1 unspecified atom stereocenters. The van der Waals surface area contributed by atoms with E-state index in [9.17, 15) is 5.11 Å². The standard InChI is InChI=1S/C18H26ClN3O/c1-3-4-5-9-18(2,10-12-23)22(20)17-8-11-21-16-13-14(19)6-7-15(16)17/h6-8,11,13,23H,3-5,9-10,12,20H2,1-2H3. The number of halogens is 1. The average molecular weight is 336 g/mol. The maximum atomic E-state index is 9.49. The van der Waals surface area contributed by atoms with Gasteiger partial charge in [0.2, 0.25) is 0 Å². The van der Waals surface area contributed by atoms with E-state index in [0.717, 1.165) is 35.9 Å². The maximum absolute atomic E-state index is 9.49. The van der Waals surface area contributed by atoms with Crippen molar-refractivity contribution < 1.29 is 5.11 Å². The molecular formula is C18H26ClN3O. The molecule has 3 N–H and O–H groups in total. The molecule has 1 heterocycles. The predicted molar refractivity (Wildman–Crippen MR) is 97.7 cm³/mol. The Bertz CT molecular complexity index is 649. The lowest BCUT2D eigenvalue weighted by Gasteiger charge is -2.40. The number of aliphatic hydroxyl groups is 1. The first kappa shape index (κ1) is 18.0. The van der Waals surface area contributed by atoms with Crippen molar-refractivity contribution in [2.24, 2.45) is 5.84 Å². The Morgan fingerprint density at radius 2 is 2.04 bits per heavy atom. The van der Waals surface area contributed by atoms with Crippen molar-refractivity contribution in [1.29, 1.82) is 0 Å². The fourth-order valence-corrected chi connectivity index (χ4v) is 3.14. The largest absolute Gasteiger partial charge is 0.396 e. The molecule has 0 spiro atoms. The van der Waals surface area contributed by atoms with Gasteiger partial charge in [-0.1, -0.05) is 37.8 Å². The lowest BCUT2D eigenvalue weighted by molar-refractivity contribution is 0.229. The molecule has 0 saturated carbocycles. The van der Waals surface area contributed by atoms with Crippen LogP contribution in [0.3, 0.4) is 0 Å². The zero-order valence-corrected chi connectivity index (χ0v) is 14.7. The number of nitrogens with two attached hydrogens (primary N) is 1. The van der Waals surface area contributed by atoms with Crippen LogP contribution in [-0.4, -0.2) is 22.2 Å². The highest BCUT2D eigenvalue weighted by Gasteiger charge is 2.30. The molecule has 0 amide bonds. The quantitative estimate of drug-likeness (QED) is 0.429. The SMILES string of the molecule is CCCCCC(C)(CCO)N(N)c1ccnc2cc(Cl)ccc12. The Labute approximate surface area is 143 Å². The van der Waals surface area contributed by atoms with Crippen molar-refractivity contribution in [1.82, 2.24) is 4.98 Å². The number of pyridine rings is 1. The van der Waals surface area contributed by atoms with E-state index >= 15 is 0 Å². The van der Waals surface area contributed by atoms with Gasteiger partial charge in [-0.25, -0.2) is 5.84 Å². The summed E-state index contributed by atoms with van der Waals surface area (Å²) in [6, 6.07) is 7.56. The molecule has 0 fully saturated rings. The van der Waals surface area contributed by atoms with Gasteiger partial charge in [0.05, 0.1) is 16.7 Å². The second-order valence-corrected chi connectivity index (χ2v) is 6.73.